The maximum Gasteiger partial charge on any atom is 0.335 e. The number of benzene rings is 2. The fourth-order valence-corrected chi connectivity index (χ4v) is 7.24. The molecule has 6 rings (SSSR count). The maximum absolute atomic E-state index is 13.9. The van der Waals surface area contributed by atoms with Crippen LogP contribution in [0.15, 0.2) is 65.7 Å². The lowest BCUT2D eigenvalue weighted by Gasteiger charge is -2.37. The second-order valence-corrected chi connectivity index (χ2v) is 15.3. The average Bonchev–Trinajstić information content (AvgIpc) is 3.40. The van der Waals surface area contributed by atoms with E-state index in [0.29, 0.717) is 29.4 Å². The Labute approximate surface area is 300 Å². The van der Waals surface area contributed by atoms with Gasteiger partial charge in [0.15, 0.2) is 5.65 Å². The van der Waals surface area contributed by atoms with E-state index < -0.39 is 11.9 Å². The number of fused-ring (bicyclic) bond motifs is 1. The Bertz CT molecular complexity index is 2040. The van der Waals surface area contributed by atoms with E-state index in [9.17, 15) is 18.7 Å². The van der Waals surface area contributed by atoms with Crippen LogP contribution in [0, 0.1) is 19.8 Å². The van der Waals surface area contributed by atoms with Crippen molar-refractivity contribution in [2.75, 3.05) is 11.3 Å². The zero-order chi connectivity index (χ0) is 36.5. The average molecular weight is 716 g/mol. The van der Waals surface area contributed by atoms with Crippen molar-refractivity contribution in [3.05, 3.63) is 88.9 Å². The number of ether oxygens (including phenoxy) is 1. The van der Waals surface area contributed by atoms with Crippen molar-refractivity contribution in [3.8, 4) is 17.1 Å². The quantitative estimate of drug-likeness (QED) is 0.103. The highest BCUT2D eigenvalue weighted by atomic mass is 32.2. The summed E-state index contributed by atoms with van der Waals surface area (Å²) >= 11 is 1.19. The molecule has 1 unspecified atom stereocenters. The zero-order valence-electron chi connectivity index (χ0n) is 29.6. The van der Waals surface area contributed by atoms with Gasteiger partial charge in [-0.25, -0.2) is 23.5 Å². The Morgan fingerprint density at radius 3 is 2.49 bits per heavy atom. The predicted molar refractivity (Wildman–Crippen MR) is 195 cm³/mol. The SMILES string of the molecule is Cc1cccc(C)c1-c1cc(OCC(CC2CC(F)(F)C2)NCc2cnc3cc(C(C)(C)C)n(C)c3n2)nc(NSc2cccc(C(=O)O)c2)n1. The van der Waals surface area contributed by atoms with Gasteiger partial charge in [0.05, 0.1) is 23.1 Å². The minimum absolute atomic E-state index is 0.0684. The number of hydrogen-bond acceptors (Lipinski definition) is 9. The number of nitrogens with zero attached hydrogens (tertiary/aromatic N) is 5. The summed E-state index contributed by atoms with van der Waals surface area (Å²) in [4.78, 5) is 31.1. The Balaban J connectivity index is 1.23. The van der Waals surface area contributed by atoms with Crippen molar-refractivity contribution in [2.24, 2.45) is 13.0 Å². The third kappa shape index (κ3) is 8.65. The van der Waals surface area contributed by atoms with Crippen LogP contribution in [0.3, 0.4) is 0 Å². The van der Waals surface area contributed by atoms with Crippen molar-refractivity contribution < 1.29 is 23.4 Å². The molecule has 0 saturated heterocycles. The van der Waals surface area contributed by atoms with Gasteiger partial charge in [-0.05, 0) is 73.5 Å². The summed E-state index contributed by atoms with van der Waals surface area (Å²) in [5.74, 6) is -3.19. The minimum Gasteiger partial charge on any atom is -0.478 e. The lowest BCUT2D eigenvalue weighted by atomic mass is 9.77. The van der Waals surface area contributed by atoms with E-state index in [1.807, 2.05) is 39.1 Å². The van der Waals surface area contributed by atoms with Crippen LogP contribution in [0.5, 0.6) is 5.88 Å². The molecular formula is C38H43F2N7O3S. The Morgan fingerprint density at radius 2 is 1.80 bits per heavy atom. The zero-order valence-corrected chi connectivity index (χ0v) is 30.4. The molecule has 1 saturated carbocycles. The first-order valence-electron chi connectivity index (χ1n) is 16.9. The minimum atomic E-state index is -2.63. The highest BCUT2D eigenvalue weighted by molar-refractivity contribution is 8.00. The van der Waals surface area contributed by atoms with E-state index in [1.54, 1.807) is 30.5 Å². The van der Waals surface area contributed by atoms with E-state index in [-0.39, 0.29) is 48.3 Å². The molecule has 1 aliphatic carbocycles. The fraction of sp³-hybridized carbons (Fsp3) is 0.395. The number of anilines is 1. The lowest BCUT2D eigenvalue weighted by Crippen LogP contribution is -2.42. The highest BCUT2D eigenvalue weighted by Crippen LogP contribution is 2.44. The first-order valence-corrected chi connectivity index (χ1v) is 17.7. The first-order chi connectivity index (χ1) is 24.1. The van der Waals surface area contributed by atoms with Crippen molar-refractivity contribution >= 4 is 35.0 Å². The number of carboxylic acid groups (broad SMARTS) is 1. The Kier molecular flexibility index (Phi) is 10.3. The summed E-state index contributed by atoms with van der Waals surface area (Å²) in [6.45, 7) is 11.0. The van der Waals surface area contributed by atoms with Gasteiger partial charge in [0.1, 0.15) is 12.1 Å². The Hall–Kier alpha value is -4.62. The third-order valence-corrected chi connectivity index (χ3v) is 9.90. The van der Waals surface area contributed by atoms with E-state index in [4.69, 9.17) is 14.7 Å². The number of nitrogens with one attached hydrogen (secondary N) is 2. The standard InChI is InChI=1S/C38H43F2N7O3S/c1-22-9-7-10-23(2)33(22)29-16-32(45-36(44-29)46-51-28-12-8-11-25(14-28)35(48)49)50-21-26(13-24-17-38(39,40)18-24)41-19-27-20-42-30-15-31(37(3,4)5)47(6)34(30)43-27/h7-12,14-16,20,24,26,41H,13,17-19,21H2,1-6H3,(H,48,49)(H,44,45,46). The highest BCUT2D eigenvalue weighted by Gasteiger charge is 2.45. The van der Waals surface area contributed by atoms with Crippen molar-refractivity contribution in [2.45, 2.75) is 82.7 Å². The molecular weight excluding hydrogens is 673 g/mol. The molecule has 0 amide bonds. The van der Waals surface area contributed by atoms with E-state index >= 15 is 0 Å². The molecule has 13 heteroatoms. The van der Waals surface area contributed by atoms with Crippen LogP contribution >= 0.6 is 11.9 Å². The van der Waals surface area contributed by atoms with Crippen LogP contribution in [-0.4, -0.2) is 54.2 Å². The molecule has 0 radical (unpaired) electrons. The molecule has 51 heavy (non-hydrogen) atoms. The number of aromatic carboxylic acids is 1. The summed E-state index contributed by atoms with van der Waals surface area (Å²) in [7, 11) is 1.99. The number of hydrogen-bond donors (Lipinski definition) is 3. The summed E-state index contributed by atoms with van der Waals surface area (Å²) in [5, 5.41) is 12.9. The second-order valence-electron chi connectivity index (χ2n) is 14.4. The molecule has 1 aliphatic rings. The van der Waals surface area contributed by atoms with Crippen LogP contribution in [0.25, 0.3) is 22.4 Å². The number of aromatic nitrogens is 5. The first kappa shape index (κ1) is 36.2. The number of carbonyl (C=O) groups is 1. The molecule has 1 fully saturated rings. The molecule has 2 aromatic carbocycles. The van der Waals surface area contributed by atoms with Gasteiger partial charge >= 0.3 is 5.97 Å². The van der Waals surface area contributed by atoms with Crippen LogP contribution in [0.2, 0.25) is 0 Å². The number of halogens is 2. The van der Waals surface area contributed by atoms with E-state index in [0.717, 1.165) is 39.2 Å². The largest absolute Gasteiger partial charge is 0.478 e. The predicted octanol–water partition coefficient (Wildman–Crippen LogP) is 8.13. The van der Waals surface area contributed by atoms with Crippen LogP contribution in [0.1, 0.15) is 72.9 Å². The van der Waals surface area contributed by atoms with Crippen LogP contribution < -0.4 is 14.8 Å². The van der Waals surface area contributed by atoms with Gasteiger partial charge in [-0.3, -0.25) is 9.71 Å². The van der Waals surface area contributed by atoms with E-state index in [1.165, 1.54) is 18.0 Å². The molecule has 5 aromatic rings. The van der Waals surface area contributed by atoms with Crippen LogP contribution in [0.4, 0.5) is 14.7 Å². The number of alkyl halides is 2. The van der Waals surface area contributed by atoms with Gasteiger partial charge in [-0.15, -0.1) is 0 Å². The molecule has 268 valence electrons. The third-order valence-electron chi connectivity index (χ3n) is 9.13. The maximum atomic E-state index is 13.9. The Morgan fingerprint density at radius 1 is 1.08 bits per heavy atom. The molecule has 0 spiro atoms. The molecule has 1 atom stereocenters. The molecule has 0 aliphatic heterocycles. The lowest BCUT2D eigenvalue weighted by molar-refractivity contribution is -0.114. The summed E-state index contributed by atoms with van der Waals surface area (Å²) in [5.41, 5.74) is 7.25. The summed E-state index contributed by atoms with van der Waals surface area (Å²) in [6.07, 6.45) is 1.96. The molecule has 0 bridgehead atoms. The smallest absolute Gasteiger partial charge is 0.335 e. The number of rotatable bonds is 13. The van der Waals surface area contributed by atoms with Gasteiger partial charge < -0.3 is 19.7 Å². The van der Waals surface area contributed by atoms with Crippen LogP contribution in [-0.2, 0) is 19.0 Å². The monoisotopic (exact) mass is 715 g/mol. The normalized spacial score (nSPS) is 15.1. The van der Waals surface area contributed by atoms with Gasteiger partial charge in [0, 0.05) is 60.1 Å². The summed E-state index contributed by atoms with van der Waals surface area (Å²) < 4.78 is 39.3. The van der Waals surface area contributed by atoms with E-state index in [2.05, 4.69) is 51.4 Å². The van der Waals surface area contributed by atoms with Crippen molar-refractivity contribution in [1.82, 2.24) is 29.8 Å². The van der Waals surface area contributed by atoms with Gasteiger partial charge in [0.25, 0.3) is 0 Å². The van der Waals surface area contributed by atoms with Crippen molar-refractivity contribution in [1.29, 1.82) is 0 Å². The topological polar surface area (TPSA) is 127 Å². The number of carboxylic acids is 1. The van der Waals surface area contributed by atoms with Crippen molar-refractivity contribution in [3.63, 3.8) is 0 Å². The second kappa shape index (κ2) is 14.5. The molecule has 3 aromatic heterocycles. The van der Waals surface area contributed by atoms with Gasteiger partial charge in [-0.2, -0.15) is 4.98 Å². The molecule has 10 nitrogen and oxygen atoms in total. The van der Waals surface area contributed by atoms with Gasteiger partial charge in [0.2, 0.25) is 17.8 Å². The summed E-state index contributed by atoms with van der Waals surface area (Å²) in [6, 6.07) is 16.1. The number of aryl methyl sites for hydroxylation is 3. The van der Waals surface area contributed by atoms with Gasteiger partial charge in [-0.1, -0.05) is 45.0 Å². The fourth-order valence-electron chi connectivity index (χ4n) is 6.61. The molecule has 3 heterocycles. The molecule has 3 N–H and O–H groups in total.